The van der Waals surface area contributed by atoms with Gasteiger partial charge in [-0.05, 0) is 56.9 Å². The van der Waals surface area contributed by atoms with E-state index >= 15 is 0 Å². The van der Waals surface area contributed by atoms with Gasteiger partial charge in [0.05, 0.1) is 28.9 Å². The lowest BCUT2D eigenvalue weighted by Crippen LogP contribution is -2.41. The summed E-state index contributed by atoms with van der Waals surface area (Å²) in [6.45, 7) is 3.45. The standard InChI is InChI=1S/C24H25N7O/c1-23(2,32)21-7-4-16(10-27-21)20-14-31(15-30-20)24(8-3-9-24)18-5-6-19(26-13-18)17-11-28-22(25)29-12-17/h4-7,10-15,32H,3,8-9H2,1-2H3,(H2,25,28,29). The first-order valence-electron chi connectivity index (χ1n) is 10.6. The molecule has 0 amide bonds. The van der Waals surface area contributed by atoms with Crippen LogP contribution in [0.4, 0.5) is 5.95 Å². The average molecular weight is 428 g/mol. The molecule has 0 bridgehead atoms. The van der Waals surface area contributed by atoms with E-state index in [0.717, 1.165) is 47.3 Å². The second kappa shape index (κ2) is 7.49. The van der Waals surface area contributed by atoms with Gasteiger partial charge in [-0.1, -0.05) is 6.07 Å². The van der Waals surface area contributed by atoms with Crippen molar-refractivity contribution in [2.45, 2.75) is 44.2 Å². The van der Waals surface area contributed by atoms with Gasteiger partial charge in [0.1, 0.15) is 5.60 Å². The lowest BCUT2D eigenvalue weighted by Gasteiger charge is -2.43. The van der Waals surface area contributed by atoms with Gasteiger partial charge in [-0.3, -0.25) is 9.97 Å². The maximum atomic E-state index is 10.1. The van der Waals surface area contributed by atoms with Crippen LogP contribution < -0.4 is 5.73 Å². The molecule has 1 aliphatic rings. The lowest BCUT2D eigenvalue weighted by molar-refractivity contribution is 0.0739. The molecule has 8 nitrogen and oxygen atoms in total. The van der Waals surface area contributed by atoms with Gasteiger partial charge < -0.3 is 15.4 Å². The van der Waals surface area contributed by atoms with Gasteiger partial charge in [0.15, 0.2) is 0 Å². The maximum absolute atomic E-state index is 10.1. The smallest absolute Gasteiger partial charge is 0.219 e. The number of rotatable bonds is 5. The third kappa shape index (κ3) is 3.52. The lowest BCUT2D eigenvalue weighted by atomic mass is 9.72. The van der Waals surface area contributed by atoms with Crippen LogP contribution in [0.15, 0.2) is 61.6 Å². The predicted molar refractivity (Wildman–Crippen MR) is 121 cm³/mol. The fourth-order valence-corrected chi connectivity index (χ4v) is 4.13. The fraction of sp³-hybridized carbons (Fsp3) is 0.292. The van der Waals surface area contributed by atoms with Crippen molar-refractivity contribution in [3.05, 3.63) is 72.8 Å². The summed E-state index contributed by atoms with van der Waals surface area (Å²) in [5, 5.41) is 10.1. The first-order valence-corrected chi connectivity index (χ1v) is 10.6. The number of aromatic nitrogens is 6. The van der Waals surface area contributed by atoms with Crippen molar-refractivity contribution < 1.29 is 5.11 Å². The van der Waals surface area contributed by atoms with E-state index in [1.165, 1.54) is 0 Å². The van der Waals surface area contributed by atoms with Crippen LogP contribution >= 0.6 is 0 Å². The van der Waals surface area contributed by atoms with E-state index in [0.29, 0.717) is 5.69 Å². The molecule has 0 radical (unpaired) electrons. The number of nitrogens with two attached hydrogens (primary N) is 1. The minimum absolute atomic E-state index is 0.144. The summed E-state index contributed by atoms with van der Waals surface area (Å²) < 4.78 is 2.19. The summed E-state index contributed by atoms with van der Waals surface area (Å²) >= 11 is 0. The second-order valence-electron chi connectivity index (χ2n) is 8.80. The van der Waals surface area contributed by atoms with Crippen molar-refractivity contribution in [1.29, 1.82) is 0 Å². The molecule has 1 aliphatic carbocycles. The van der Waals surface area contributed by atoms with E-state index in [-0.39, 0.29) is 11.5 Å². The molecular formula is C24H25N7O. The summed E-state index contributed by atoms with van der Waals surface area (Å²) in [5.74, 6) is 0.250. The number of nitrogens with zero attached hydrogens (tertiary/aromatic N) is 6. The van der Waals surface area contributed by atoms with E-state index in [9.17, 15) is 5.11 Å². The van der Waals surface area contributed by atoms with Crippen molar-refractivity contribution in [2.75, 3.05) is 5.73 Å². The van der Waals surface area contributed by atoms with Crippen molar-refractivity contribution >= 4 is 5.95 Å². The average Bonchev–Trinajstić information content (AvgIpc) is 3.24. The zero-order valence-electron chi connectivity index (χ0n) is 18.1. The van der Waals surface area contributed by atoms with E-state index in [2.05, 4.69) is 41.8 Å². The van der Waals surface area contributed by atoms with Gasteiger partial charge in [0.2, 0.25) is 5.95 Å². The van der Waals surface area contributed by atoms with Crippen molar-refractivity contribution in [3.8, 4) is 22.5 Å². The summed E-state index contributed by atoms with van der Waals surface area (Å²) in [4.78, 5) is 21.8. The Kier molecular flexibility index (Phi) is 4.74. The predicted octanol–water partition coefficient (Wildman–Crippen LogP) is 3.53. The molecule has 0 saturated heterocycles. The Labute approximate surface area is 186 Å². The Balaban J connectivity index is 1.42. The topological polar surface area (TPSA) is 116 Å². The highest BCUT2D eigenvalue weighted by atomic mass is 16.3. The Bertz CT molecular complexity index is 1220. The van der Waals surface area contributed by atoms with Crippen molar-refractivity contribution in [2.24, 2.45) is 0 Å². The summed E-state index contributed by atoms with van der Waals surface area (Å²) in [6, 6.07) is 7.92. The molecule has 4 aromatic heterocycles. The molecule has 5 rings (SSSR count). The number of aliphatic hydroxyl groups is 1. The minimum atomic E-state index is -0.967. The summed E-state index contributed by atoms with van der Waals surface area (Å²) in [6.07, 6.45) is 14.2. The second-order valence-corrected chi connectivity index (χ2v) is 8.80. The van der Waals surface area contributed by atoms with Crippen molar-refractivity contribution in [1.82, 2.24) is 29.5 Å². The quantitative estimate of drug-likeness (QED) is 0.500. The molecule has 162 valence electrons. The molecule has 0 spiro atoms. The summed E-state index contributed by atoms with van der Waals surface area (Å²) in [7, 11) is 0. The van der Waals surface area contributed by atoms with Crippen molar-refractivity contribution in [3.63, 3.8) is 0 Å². The van der Waals surface area contributed by atoms with E-state index < -0.39 is 5.60 Å². The van der Waals surface area contributed by atoms with Crippen LogP contribution in [0.2, 0.25) is 0 Å². The highest BCUT2D eigenvalue weighted by Crippen LogP contribution is 2.45. The number of hydrogen-bond acceptors (Lipinski definition) is 7. The zero-order valence-corrected chi connectivity index (χ0v) is 18.1. The maximum Gasteiger partial charge on any atom is 0.219 e. The first-order chi connectivity index (χ1) is 15.3. The number of nitrogen functional groups attached to an aromatic ring is 1. The monoisotopic (exact) mass is 427 g/mol. The molecule has 4 aromatic rings. The molecule has 0 atom stereocenters. The molecule has 1 fully saturated rings. The normalized spacial score (nSPS) is 15.3. The molecule has 32 heavy (non-hydrogen) atoms. The van der Waals surface area contributed by atoms with Gasteiger partial charge >= 0.3 is 0 Å². The molecule has 3 N–H and O–H groups in total. The van der Waals surface area contributed by atoms with Crippen LogP contribution in [-0.2, 0) is 11.1 Å². The van der Waals surface area contributed by atoms with E-state index in [1.807, 2.05) is 30.7 Å². The Morgan fingerprint density at radius 1 is 0.875 bits per heavy atom. The molecule has 1 saturated carbocycles. The first kappa shape index (κ1) is 20.3. The molecular weight excluding hydrogens is 402 g/mol. The van der Waals surface area contributed by atoms with Gasteiger partial charge in [0, 0.05) is 42.1 Å². The molecule has 0 aromatic carbocycles. The van der Waals surface area contributed by atoms with E-state index in [4.69, 9.17) is 5.73 Å². The Hall–Kier alpha value is -3.65. The minimum Gasteiger partial charge on any atom is -0.384 e. The molecule has 4 heterocycles. The number of anilines is 1. The highest BCUT2D eigenvalue weighted by Gasteiger charge is 2.40. The highest BCUT2D eigenvalue weighted by molar-refractivity contribution is 5.59. The third-order valence-electron chi connectivity index (χ3n) is 6.21. The molecule has 0 aliphatic heterocycles. The molecule has 0 unspecified atom stereocenters. The number of hydrogen-bond donors (Lipinski definition) is 2. The largest absolute Gasteiger partial charge is 0.384 e. The van der Waals surface area contributed by atoms with Crippen LogP contribution in [0.1, 0.15) is 44.4 Å². The zero-order chi connectivity index (χ0) is 22.3. The van der Waals surface area contributed by atoms with Crippen LogP contribution in [0.5, 0.6) is 0 Å². The van der Waals surface area contributed by atoms with Gasteiger partial charge in [-0.25, -0.2) is 15.0 Å². The van der Waals surface area contributed by atoms with Gasteiger partial charge in [0.25, 0.3) is 0 Å². The van der Waals surface area contributed by atoms with Crippen LogP contribution in [0.25, 0.3) is 22.5 Å². The third-order valence-corrected chi connectivity index (χ3v) is 6.21. The number of pyridine rings is 2. The Morgan fingerprint density at radius 2 is 1.62 bits per heavy atom. The van der Waals surface area contributed by atoms with E-state index in [1.54, 1.807) is 32.4 Å². The van der Waals surface area contributed by atoms with Gasteiger partial charge in [-0.15, -0.1) is 0 Å². The number of imidazole rings is 1. The Morgan fingerprint density at radius 3 is 2.19 bits per heavy atom. The van der Waals surface area contributed by atoms with Crippen LogP contribution in [0.3, 0.4) is 0 Å². The SMILES string of the molecule is CC(C)(O)c1ccc(-c2cn(C3(c4ccc(-c5cnc(N)nc5)nc4)CCC3)cn2)cn1. The van der Waals surface area contributed by atoms with Gasteiger partial charge in [-0.2, -0.15) is 0 Å². The summed E-state index contributed by atoms with van der Waals surface area (Å²) in [5.41, 5.74) is 9.68. The fourth-order valence-electron chi connectivity index (χ4n) is 4.13. The molecule has 8 heteroatoms. The van der Waals surface area contributed by atoms with Crippen LogP contribution in [0, 0.1) is 0 Å². The van der Waals surface area contributed by atoms with Crippen LogP contribution in [-0.4, -0.2) is 34.6 Å².